The molecule has 190 valence electrons. The van der Waals surface area contributed by atoms with Gasteiger partial charge in [0.2, 0.25) is 0 Å². The minimum absolute atomic E-state index is 0.230. The maximum absolute atomic E-state index is 5.99. The molecule has 6 heteroatoms. The zero-order valence-corrected chi connectivity index (χ0v) is 21.1. The third-order valence-corrected chi connectivity index (χ3v) is 6.39. The molecule has 0 bridgehead atoms. The van der Waals surface area contributed by atoms with Gasteiger partial charge in [0.1, 0.15) is 0 Å². The Balaban J connectivity index is 1.70. The van der Waals surface area contributed by atoms with Crippen molar-refractivity contribution in [1.29, 1.82) is 0 Å². The largest absolute Gasteiger partial charge is 0.382 e. The molecule has 1 aliphatic rings. The van der Waals surface area contributed by atoms with Gasteiger partial charge in [-0.05, 0) is 47.2 Å². The Bertz CT molecular complexity index is 915. The number of fused-ring (bicyclic) bond motifs is 3. The zero-order valence-electron chi connectivity index (χ0n) is 21.1. The summed E-state index contributed by atoms with van der Waals surface area (Å²) in [7, 11) is 3.33. The highest BCUT2D eigenvalue weighted by atomic mass is 16.5. The summed E-state index contributed by atoms with van der Waals surface area (Å²) in [6.07, 6.45) is 7.43. The van der Waals surface area contributed by atoms with Crippen LogP contribution in [0.15, 0.2) is 42.5 Å². The molecule has 0 amide bonds. The van der Waals surface area contributed by atoms with Gasteiger partial charge in [-0.15, -0.1) is 6.42 Å². The van der Waals surface area contributed by atoms with Crippen molar-refractivity contribution in [1.82, 2.24) is 0 Å². The van der Waals surface area contributed by atoms with Crippen LogP contribution in [0.4, 0.5) is 0 Å². The first kappa shape index (κ1) is 27.3. The standard InChI is InChI=1S/C29H38O6/c1-4-24-9-10-26-25-7-5-6-8-27(25)29(28(26)23-24,11-13-32-19-21-34-17-15-30-2)12-14-33-20-22-35-18-16-31-3/h1,5-10,23H,11-22H2,2-3H3. The highest BCUT2D eigenvalue weighted by Gasteiger charge is 2.42. The smallest absolute Gasteiger partial charge is 0.0701 e. The average molecular weight is 483 g/mol. The second-order valence-corrected chi connectivity index (χ2v) is 8.47. The minimum atomic E-state index is -0.230. The molecule has 2 aromatic rings. The van der Waals surface area contributed by atoms with Gasteiger partial charge in [-0.25, -0.2) is 0 Å². The van der Waals surface area contributed by atoms with Crippen molar-refractivity contribution in [2.24, 2.45) is 0 Å². The Labute approximate surface area is 209 Å². The summed E-state index contributed by atoms with van der Waals surface area (Å²) in [6, 6.07) is 15.0. The van der Waals surface area contributed by atoms with E-state index in [-0.39, 0.29) is 5.41 Å². The van der Waals surface area contributed by atoms with E-state index in [0.29, 0.717) is 66.1 Å². The molecule has 0 saturated carbocycles. The second-order valence-electron chi connectivity index (χ2n) is 8.47. The van der Waals surface area contributed by atoms with E-state index < -0.39 is 0 Å². The number of methoxy groups -OCH3 is 2. The molecule has 0 heterocycles. The Morgan fingerprint density at radius 2 is 1.14 bits per heavy atom. The number of rotatable bonds is 18. The van der Waals surface area contributed by atoms with Crippen LogP contribution in [0.1, 0.15) is 29.5 Å². The Kier molecular flexibility index (Phi) is 11.7. The van der Waals surface area contributed by atoms with E-state index in [4.69, 9.17) is 34.8 Å². The molecule has 0 spiro atoms. The summed E-state index contributed by atoms with van der Waals surface area (Å²) in [5, 5.41) is 0. The van der Waals surface area contributed by atoms with Crippen LogP contribution >= 0.6 is 0 Å². The lowest BCUT2D eigenvalue weighted by Crippen LogP contribution is -2.30. The van der Waals surface area contributed by atoms with Gasteiger partial charge >= 0.3 is 0 Å². The van der Waals surface area contributed by atoms with Crippen molar-refractivity contribution < 1.29 is 28.4 Å². The molecule has 3 rings (SSSR count). The van der Waals surface area contributed by atoms with Crippen LogP contribution < -0.4 is 0 Å². The van der Waals surface area contributed by atoms with Crippen LogP contribution in [-0.4, -0.2) is 80.3 Å². The minimum Gasteiger partial charge on any atom is -0.382 e. The van der Waals surface area contributed by atoms with Gasteiger partial charge in [-0.1, -0.05) is 36.3 Å². The van der Waals surface area contributed by atoms with E-state index in [9.17, 15) is 0 Å². The molecule has 2 aromatic carbocycles. The molecule has 6 nitrogen and oxygen atoms in total. The van der Waals surface area contributed by atoms with Crippen molar-refractivity contribution in [2.75, 3.05) is 80.3 Å². The molecule has 0 aromatic heterocycles. The molecule has 0 unspecified atom stereocenters. The molecule has 0 radical (unpaired) electrons. The molecule has 35 heavy (non-hydrogen) atoms. The van der Waals surface area contributed by atoms with Crippen molar-refractivity contribution in [3.05, 3.63) is 59.2 Å². The lowest BCUT2D eigenvalue weighted by Gasteiger charge is -2.32. The third kappa shape index (κ3) is 7.37. The monoisotopic (exact) mass is 482 g/mol. The second kappa shape index (κ2) is 15.0. The Morgan fingerprint density at radius 1 is 0.629 bits per heavy atom. The molecular formula is C29H38O6. The number of hydrogen-bond acceptors (Lipinski definition) is 6. The predicted molar refractivity (Wildman–Crippen MR) is 137 cm³/mol. The SMILES string of the molecule is C#Cc1ccc2c(c1)C(CCOCCOCCOC)(CCOCCOCCOC)c1ccccc1-2. The van der Waals surface area contributed by atoms with Crippen LogP contribution in [-0.2, 0) is 33.8 Å². The first-order chi connectivity index (χ1) is 17.3. The lowest BCUT2D eigenvalue weighted by atomic mass is 9.73. The van der Waals surface area contributed by atoms with E-state index in [0.717, 1.165) is 18.4 Å². The summed E-state index contributed by atoms with van der Waals surface area (Å²) in [5.41, 5.74) is 5.73. The summed E-state index contributed by atoms with van der Waals surface area (Å²) in [6.45, 7) is 5.76. The predicted octanol–water partition coefficient (Wildman–Crippen LogP) is 4.07. The summed E-state index contributed by atoms with van der Waals surface area (Å²) >= 11 is 0. The first-order valence-electron chi connectivity index (χ1n) is 12.3. The topological polar surface area (TPSA) is 55.4 Å². The van der Waals surface area contributed by atoms with Crippen LogP contribution in [0.2, 0.25) is 0 Å². The Morgan fingerprint density at radius 3 is 1.71 bits per heavy atom. The van der Waals surface area contributed by atoms with Gasteiger partial charge in [0.25, 0.3) is 0 Å². The van der Waals surface area contributed by atoms with Gasteiger partial charge < -0.3 is 28.4 Å². The van der Waals surface area contributed by atoms with Crippen molar-refractivity contribution in [3.63, 3.8) is 0 Å². The highest BCUT2D eigenvalue weighted by Crippen LogP contribution is 2.52. The summed E-state index contributed by atoms with van der Waals surface area (Å²) in [4.78, 5) is 0. The number of hydrogen-bond donors (Lipinski definition) is 0. The van der Waals surface area contributed by atoms with E-state index in [2.05, 4.69) is 42.3 Å². The fraction of sp³-hybridized carbons (Fsp3) is 0.517. The van der Waals surface area contributed by atoms with E-state index >= 15 is 0 Å². The average Bonchev–Trinajstić information content (AvgIpc) is 3.16. The van der Waals surface area contributed by atoms with Gasteiger partial charge in [0.15, 0.2) is 0 Å². The molecule has 1 aliphatic carbocycles. The summed E-state index contributed by atoms with van der Waals surface area (Å²) < 4.78 is 33.1. The quantitative estimate of drug-likeness (QED) is 0.236. The van der Waals surface area contributed by atoms with Gasteiger partial charge in [-0.2, -0.15) is 0 Å². The number of benzene rings is 2. The normalized spacial score (nSPS) is 13.4. The van der Waals surface area contributed by atoms with Gasteiger partial charge in [-0.3, -0.25) is 0 Å². The van der Waals surface area contributed by atoms with Crippen LogP contribution in [0.25, 0.3) is 11.1 Å². The maximum Gasteiger partial charge on any atom is 0.0701 e. The fourth-order valence-corrected chi connectivity index (χ4v) is 4.63. The highest BCUT2D eigenvalue weighted by molar-refractivity contribution is 5.81. The van der Waals surface area contributed by atoms with E-state index in [1.54, 1.807) is 14.2 Å². The molecule has 0 aliphatic heterocycles. The van der Waals surface area contributed by atoms with Gasteiger partial charge in [0.05, 0.1) is 52.9 Å². The van der Waals surface area contributed by atoms with Crippen LogP contribution in [0, 0.1) is 12.3 Å². The molecule has 0 fully saturated rings. The van der Waals surface area contributed by atoms with E-state index in [1.807, 2.05) is 6.07 Å². The molecule has 0 N–H and O–H groups in total. The van der Waals surface area contributed by atoms with Crippen molar-refractivity contribution in [2.45, 2.75) is 18.3 Å². The lowest BCUT2D eigenvalue weighted by molar-refractivity contribution is 0.0145. The van der Waals surface area contributed by atoms with Gasteiger partial charge in [0, 0.05) is 38.4 Å². The van der Waals surface area contributed by atoms with Crippen molar-refractivity contribution in [3.8, 4) is 23.5 Å². The number of terminal acetylenes is 1. The number of ether oxygens (including phenoxy) is 6. The molecule has 0 atom stereocenters. The zero-order chi connectivity index (χ0) is 24.8. The molecular weight excluding hydrogens is 444 g/mol. The third-order valence-electron chi connectivity index (χ3n) is 6.39. The van der Waals surface area contributed by atoms with Crippen LogP contribution in [0.5, 0.6) is 0 Å². The first-order valence-corrected chi connectivity index (χ1v) is 12.3. The van der Waals surface area contributed by atoms with Crippen molar-refractivity contribution >= 4 is 0 Å². The maximum atomic E-state index is 5.99. The van der Waals surface area contributed by atoms with E-state index in [1.165, 1.54) is 22.3 Å². The fourth-order valence-electron chi connectivity index (χ4n) is 4.63. The van der Waals surface area contributed by atoms with Crippen LogP contribution in [0.3, 0.4) is 0 Å². The molecule has 0 saturated heterocycles. The Hall–Kier alpha value is -2.24. The summed E-state index contributed by atoms with van der Waals surface area (Å²) in [5.74, 6) is 2.81.